The van der Waals surface area contributed by atoms with Gasteiger partial charge >= 0.3 is 0 Å². The summed E-state index contributed by atoms with van der Waals surface area (Å²) < 4.78 is 1.43. The summed E-state index contributed by atoms with van der Waals surface area (Å²) in [5.74, 6) is 0.564. The fourth-order valence-corrected chi connectivity index (χ4v) is 3.96. The molecule has 7 heteroatoms. The van der Waals surface area contributed by atoms with Gasteiger partial charge in [-0.25, -0.2) is 4.98 Å². The zero-order valence-corrected chi connectivity index (χ0v) is 15.9. The van der Waals surface area contributed by atoms with Crippen LogP contribution in [0.1, 0.15) is 23.7 Å². The molecule has 3 heterocycles. The van der Waals surface area contributed by atoms with Crippen molar-refractivity contribution in [1.82, 2.24) is 24.6 Å². The Labute approximate surface area is 147 Å². The fraction of sp³-hybridized carbons (Fsp3) is 0.611. The Balaban J connectivity index is 1.89. The normalized spacial score (nSPS) is 20.8. The molecule has 1 N–H and O–H groups in total. The van der Waals surface area contributed by atoms with Crippen LogP contribution in [-0.2, 0) is 18.3 Å². The number of rotatable bonds is 3. The molecule has 1 fully saturated rings. The Morgan fingerprint density at radius 3 is 2.60 bits per heavy atom. The number of pyridine rings is 1. The van der Waals surface area contributed by atoms with Gasteiger partial charge in [0.1, 0.15) is 0 Å². The Morgan fingerprint density at radius 1 is 1.32 bits per heavy atom. The van der Waals surface area contributed by atoms with Crippen LogP contribution in [0.2, 0.25) is 0 Å². The molecule has 0 saturated carbocycles. The first kappa shape index (κ1) is 17.7. The van der Waals surface area contributed by atoms with E-state index in [0.29, 0.717) is 29.4 Å². The van der Waals surface area contributed by atoms with Crippen molar-refractivity contribution >= 4 is 16.9 Å². The summed E-state index contributed by atoms with van der Waals surface area (Å²) in [6.07, 6.45) is 0.293. The van der Waals surface area contributed by atoms with E-state index < -0.39 is 0 Å². The predicted molar refractivity (Wildman–Crippen MR) is 97.7 cm³/mol. The van der Waals surface area contributed by atoms with Gasteiger partial charge < -0.3 is 9.80 Å². The van der Waals surface area contributed by atoms with E-state index in [2.05, 4.69) is 36.0 Å². The third-order valence-electron chi connectivity index (χ3n) is 5.49. The van der Waals surface area contributed by atoms with Crippen molar-refractivity contribution in [2.75, 3.05) is 27.2 Å². The zero-order valence-electron chi connectivity index (χ0n) is 15.9. The Hall–Kier alpha value is -2.15. The van der Waals surface area contributed by atoms with Crippen molar-refractivity contribution in [2.45, 2.75) is 33.2 Å². The van der Waals surface area contributed by atoms with Gasteiger partial charge in [-0.05, 0) is 45.0 Å². The van der Waals surface area contributed by atoms with Crippen LogP contribution in [0.5, 0.6) is 0 Å². The van der Waals surface area contributed by atoms with Crippen molar-refractivity contribution in [3.8, 4) is 0 Å². The van der Waals surface area contributed by atoms with Crippen LogP contribution in [0.25, 0.3) is 11.0 Å². The first-order valence-electron chi connectivity index (χ1n) is 8.69. The second kappa shape index (κ2) is 6.29. The molecule has 136 valence electrons. The standard InChI is InChI=1S/C18H27N5O2/c1-10-8-23(9-14(10)21(4)5)15(24)7-13-11(2)16-17(19-12(13)3)20-22(6)18(16)25/h10,14H,7-9H2,1-6H3,(H,19,20)/t10-,14+/m0/s1. The molecule has 0 bridgehead atoms. The zero-order chi connectivity index (χ0) is 18.5. The number of aromatic nitrogens is 3. The van der Waals surface area contributed by atoms with E-state index in [4.69, 9.17) is 0 Å². The van der Waals surface area contributed by atoms with Gasteiger partial charge in [-0.3, -0.25) is 19.4 Å². The molecule has 0 radical (unpaired) electrons. The molecular weight excluding hydrogens is 318 g/mol. The lowest BCUT2D eigenvalue weighted by atomic mass is 10.0. The van der Waals surface area contributed by atoms with E-state index in [0.717, 1.165) is 29.9 Å². The SMILES string of the molecule is Cc1nc2[nH]n(C)c(=O)c2c(C)c1CC(=O)N1C[C@@H](N(C)C)[C@@H](C)C1. The number of carbonyl (C=O) groups excluding carboxylic acids is 1. The minimum absolute atomic E-state index is 0.101. The quantitative estimate of drug-likeness (QED) is 0.894. The summed E-state index contributed by atoms with van der Waals surface area (Å²) in [6.45, 7) is 7.53. The first-order chi connectivity index (χ1) is 11.7. The average molecular weight is 345 g/mol. The number of likely N-dealkylation sites (N-methyl/N-ethyl adjacent to an activating group) is 1. The average Bonchev–Trinajstić information content (AvgIpc) is 3.04. The fourth-order valence-electron chi connectivity index (χ4n) is 3.96. The molecule has 1 amide bonds. The lowest BCUT2D eigenvalue weighted by molar-refractivity contribution is -0.129. The van der Waals surface area contributed by atoms with Crippen LogP contribution < -0.4 is 5.56 Å². The van der Waals surface area contributed by atoms with Gasteiger partial charge in [0, 0.05) is 31.9 Å². The molecule has 2 atom stereocenters. The third kappa shape index (κ3) is 2.97. The van der Waals surface area contributed by atoms with Crippen molar-refractivity contribution in [3.05, 3.63) is 27.2 Å². The highest BCUT2D eigenvalue weighted by Crippen LogP contribution is 2.24. The Bertz CT molecular complexity index is 880. The van der Waals surface area contributed by atoms with Gasteiger partial charge in [-0.2, -0.15) is 0 Å². The van der Waals surface area contributed by atoms with E-state index in [1.165, 1.54) is 4.68 Å². The number of likely N-dealkylation sites (tertiary alicyclic amines) is 1. The van der Waals surface area contributed by atoms with E-state index in [1.807, 2.05) is 18.7 Å². The first-order valence-corrected chi connectivity index (χ1v) is 8.69. The summed E-state index contributed by atoms with van der Waals surface area (Å²) in [7, 11) is 5.79. The second-order valence-corrected chi connectivity index (χ2v) is 7.48. The monoisotopic (exact) mass is 345 g/mol. The number of nitrogens with one attached hydrogen (secondary N) is 1. The summed E-state index contributed by atoms with van der Waals surface area (Å²) in [5, 5.41) is 3.54. The molecule has 7 nitrogen and oxygen atoms in total. The molecule has 0 spiro atoms. The van der Waals surface area contributed by atoms with Crippen LogP contribution in [0.15, 0.2) is 4.79 Å². The van der Waals surface area contributed by atoms with E-state index >= 15 is 0 Å². The topological polar surface area (TPSA) is 74.2 Å². The number of fused-ring (bicyclic) bond motifs is 1. The molecule has 0 aromatic carbocycles. The predicted octanol–water partition coefficient (Wildman–Crippen LogP) is 0.829. The van der Waals surface area contributed by atoms with E-state index in [9.17, 15) is 9.59 Å². The number of aryl methyl sites for hydroxylation is 3. The third-order valence-corrected chi connectivity index (χ3v) is 5.49. The van der Waals surface area contributed by atoms with E-state index in [1.54, 1.807) is 7.05 Å². The summed E-state index contributed by atoms with van der Waals surface area (Å²) >= 11 is 0. The van der Waals surface area contributed by atoms with Crippen molar-refractivity contribution in [1.29, 1.82) is 0 Å². The molecule has 2 aromatic heterocycles. The van der Waals surface area contributed by atoms with Crippen molar-refractivity contribution < 1.29 is 4.79 Å². The number of nitrogens with zero attached hydrogens (tertiary/aromatic N) is 4. The molecule has 3 rings (SSSR count). The summed E-state index contributed by atoms with van der Waals surface area (Å²) in [6, 6.07) is 0.392. The van der Waals surface area contributed by atoms with Crippen LogP contribution in [0.3, 0.4) is 0 Å². The number of hydrogen-bond donors (Lipinski definition) is 1. The number of aromatic amines is 1. The molecule has 2 aromatic rings. The van der Waals surface area contributed by atoms with Gasteiger partial charge in [0.05, 0.1) is 11.8 Å². The maximum atomic E-state index is 12.8. The van der Waals surface area contributed by atoms with Crippen LogP contribution in [-0.4, -0.2) is 63.7 Å². The smallest absolute Gasteiger partial charge is 0.276 e. The van der Waals surface area contributed by atoms with E-state index in [-0.39, 0.29) is 11.5 Å². The molecule has 0 aliphatic carbocycles. The Morgan fingerprint density at radius 2 is 2.00 bits per heavy atom. The maximum absolute atomic E-state index is 12.8. The number of amides is 1. The minimum atomic E-state index is -0.101. The van der Waals surface area contributed by atoms with Crippen LogP contribution in [0, 0.1) is 19.8 Å². The largest absolute Gasteiger partial charge is 0.341 e. The molecule has 1 saturated heterocycles. The van der Waals surface area contributed by atoms with Crippen molar-refractivity contribution in [3.63, 3.8) is 0 Å². The molecule has 0 unspecified atom stereocenters. The summed E-state index contributed by atoms with van der Waals surface area (Å²) in [4.78, 5) is 33.8. The lowest BCUT2D eigenvalue weighted by Gasteiger charge is -2.22. The number of carbonyl (C=O) groups is 1. The van der Waals surface area contributed by atoms with Gasteiger partial charge in [0.15, 0.2) is 5.65 Å². The highest BCUT2D eigenvalue weighted by Gasteiger charge is 2.33. The van der Waals surface area contributed by atoms with Crippen LogP contribution in [0.4, 0.5) is 0 Å². The molecule has 25 heavy (non-hydrogen) atoms. The van der Waals surface area contributed by atoms with Crippen LogP contribution >= 0.6 is 0 Å². The highest BCUT2D eigenvalue weighted by molar-refractivity contribution is 5.84. The second-order valence-electron chi connectivity index (χ2n) is 7.48. The lowest BCUT2D eigenvalue weighted by Crippen LogP contribution is -2.36. The van der Waals surface area contributed by atoms with Gasteiger partial charge in [-0.15, -0.1) is 0 Å². The summed E-state index contributed by atoms with van der Waals surface area (Å²) in [5.41, 5.74) is 3.01. The van der Waals surface area contributed by atoms with Gasteiger partial charge in [-0.1, -0.05) is 6.92 Å². The van der Waals surface area contributed by atoms with Gasteiger partial charge in [0.2, 0.25) is 5.91 Å². The maximum Gasteiger partial charge on any atom is 0.276 e. The Kier molecular flexibility index (Phi) is 4.45. The molecular formula is C18H27N5O2. The highest BCUT2D eigenvalue weighted by atomic mass is 16.2. The van der Waals surface area contributed by atoms with Gasteiger partial charge in [0.25, 0.3) is 5.56 Å². The number of H-pyrrole nitrogens is 1. The molecule has 1 aliphatic rings. The van der Waals surface area contributed by atoms with Crippen molar-refractivity contribution in [2.24, 2.45) is 13.0 Å². The number of hydrogen-bond acceptors (Lipinski definition) is 4. The molecule has 1 aliphatic heterocycles. The minimum Gasteiger partial charge on any atom is -0.341 e.